The van der Waals surface area contributed by atoms with E-state index in [0.29, 0.717) is 26.2 Å². The van der Waals surface area contributed by atoms with Crippen LogP contribution in [0.4, 0.5) is 4.79 Å². The van der Waals surface area contributed by atoms with E-state index in [9.17, 15) is 9.59 Å². The van der Waals surface area contributed by atoms with Gasteiger partial charge in [-0.05, 0) is 20.8 Å². The van der Waals surface area contributed by atoms with E-state index in [4.69, 9.17) is 4.74 Å². The second kappa shape index (κ2) is 6.56. The highest BCUT2D eigenvalue weighted by Gasteiger charge is 2.26. The summed E-state index contributed by atoms with van der Waals surface area (Å²) in [6, 6.07) is -0.755. The van der Waals surface area contributed by atoms with Crippen LogP contribution in [-0.2, 0) is 9.53 Å². The zero-order valence-electron chi connectivity index (χ0n) is 10.7. The number of nitrogens with zero attached hydrogens (tertiary/aromatic N) is 1. The largest absolute Gasteiger partial charge is 0.376 e. The summed E-state index contributed by atoms with van der Waals surface area (Å²) in [5, 5.41) is 4.85. The molecule has 0 aliphatic carbocycles. The van der Waals surface area contributed by atoms with Crippen molar-refractivity contribution in [2.75, 3.05) is 26.2 Å². The van der Waals surface area contributed by atoms with Crippen molar-refractivity contribution in [2.24, 2.45) is 0 Å². The molecule has 1 saturated heterocycles. The van der Waals surface area contributed by atoms with Crippen LogP contribution in [0.3, 0.4) is 0 Å². The highest BCUT2D eigenvalue weighted by molar-refractivity contribution is 5.96. The first kappa shape index (κ1) is 13.9. The lowest BCUT2D eigenvalue weighted by Gasteiger charge is -2.34. The molecule has 17 heavy (non-hydrogen) atoms. The van der Waals surface area contributed by atoms with E-state index in [-0.39, 0.29) is 18.1 Å². The quantitative estimate of drug-likeness (QED) is 0.728. The fourth-order valence-electron chi connectivity index (χ4n) is 1.78. The van der Waals surface area contributed by atoms with Crippen molar-refractivity contribution in [3.05, 3.63) is 0 Å². The van der Waals surface area contributed by atoms with Gasteiger partial charge in [0.15, 0.2) is 0 Å². The Balaban J connectivity index is 2.42. The maximum absolute atomic E-state index is 11.8. The number of carbonyl (C=O) groups is 2. The minimum absolute atomic E-state index is 0.128. The van der Waals surface area contributed by atoms with Gasteiger partial charge < -0.3 is 10.1 Å². The Hall–Kier alpha value is -1.14. The minimum Gasteiger partial charge on any atom is -0.376 e. The molecule has 0 aromatic carbocycles. The van der Waals surface area contributed by atoms with Gasteiger partial charge >= 0.3 is 6.03 Å². The zero-order chi connectivity index (χ0) is 12.8. The number of carbonyl (C=O) groups excluding carboxylic acids is 2. The van der Waals surface area contributed by atoms with Crippen molar-refractivity contribution in [1.82, 2.24) is 15.5 Å². The minimum atomic E-state index is -0.439. The van der Waals surface area contributed by atoms with Crippen molar-refractivity contribution in [3.63, 3.8) is 0 Å². The molecule has 6 nitrogen and oxygen atoms in total. The maximum Gasteiger partial charge on any atom is 0.321 e. The molecule has 2 N–H and O–H groups in total. The van der Waals surface area contributed by atoms with E-state index >= 15 is 0 Å². The molecule has 1 aliphatic rings. The highest BCUT2D eigenvalue weighted by Crippen LogP contribution is 2.08. The lowest BCUT2D eigenvalue weighted by atomic mass is 10.2. The number of urea groups is 1. The van der Waals surface area contributed by atoms with Gasteiger partial charge in [0, 0.05) is 19.6 Å². The van der Waals surface area contributed by atoms with Gasteiger partial charge in [0.05, 0.1) is 18.8 Å². The molecule has 0 radical (unpaired) electrons. The standard InChI is InChI=1S/C11H21N3O3/c1-4-12-11(16)13-10(15)9(3)14-5-6-17-8(2)7-14/h8-9H,4-7H2,1-3H3,(H2,12,13,15,16). The number of rotatable bonds is 3. The molecule has 0 spiro atoms. The number of ether oxygens (including phenoxy) is 1. The fraction of sp³-hybridized carbons (Fsp3) is 0.818. The monoisotopic (exact) mass is 243 g/mol. The number of nitrogens with one attached hydrogen (secondary N) is 2. The molecule has 1 heterocycles. The van der Waals surface area contributed by atoms with Gasteiger partial charge in [-0.15, -0.1) is 0 Å². The summed E-state index contributed by atoms with van der Waals surface area (Å²) in [5.74, 6) is -0.273. The Bertz CT molecular complexity index is 283. The maximum atomic E-state index is 11.8. The summed E-state index contributed by atoms with van der Waals surface area (Å²) in [5.41, 5.74) is 0. The number of amides is 3. The average Bonchev–Trinajstić information content (AvgIpc) is 2.28. The Kier molecular flexibility index (Phi) is 5.37. The van der Waals surface area contributed by atoms with Gasteiger partial charge in [0.2, 0.25) is 5.91 Å². The summed E-state index contributed by atoms with van der Waals surface area (Å²) < 4.78 is 5.40. The summed E-state index contributed by atoms with van der Waals surface area (Å²) in [6.45, 7) is 8.13. The summed E-state index contributed by atoms with van der Waals surface area (Å²) >= 11 is 0. The predicted octanol–water partition coefficient (Wildman–Crippen LogP) is -0.0587. The first-order valence-electron chi connectivity index (χ1n) is 5.99. The van der Waals surface area contributed by atoms with Crippen LogP contribution in [0.5, 0.6) is 0 Å². The zero-order valence-corrected chi connectivity index (χ0v) is 10.7. The first-order chi connectivity index (χ1) is 8.04. The van der Waals surface area contributed by atoms with Gasteiger partial charge in [-0.1, -0.05) is 0 Å². The van der Waals surface area contributed by atoms with Gasteiger partial charge in [0.25, 0.3) is 0 Å². The van der Waals surface area contributed by atoms with Crippen LogP contribution in [0.15, 0.2) is 0 Å². The van der Waals surface area contributed by atoms with Crippen LogP contribution in [0.25, 0.3) is 0 Å². The van der Waals surface area contributed by atoms with Crippen LogP contribution in [-0.4, -0.2) is 55.2 Å². The van der Waals surface area contributed by atoms with Gasteiger partial charge in [-0.2, -0.15) is 0 Å². The van der Waals surface area contributed by atoms with Gasteiger partial charge in [-0.3, -0.25) is 15.0 Å². The molecule has 1 rings (SSSR count). The van der Waals surface area contributed by atoms with Gasteiger partial charge in [0.1, 0.15) is 0 Å². The second-order valence-electron chi connectivity index (χ2n) is 4.20. The third-order valence-electron chi connectivity index (χ3n) is 2.77. The molecule has 1 aliphatic heterocycles. The van der Waals surface area contributed by atoms with E-state index in [0.717, 1.165) is 0 Å². The van der Waals surface area contributed by atoms with Crippen LogP contribution in [0.1, 0.15) is 20.8 Å². The molecule has 2 unspecified atom stereocenters. The number of imide groups is 1. The summed E-state index contributed by atoms with van der Waals surface area (Å²) in [6.07, 6.45) is 0.128. The Labute approximate surface area is 102 Å². The van der Waals surface area contributed by atoms with Crippen molar-refractivity contribution in [1.29, 1.82) is 0 Å². The Morgan fingerprint density at radius 1 is 1.53 bits per heavy atom. The Morgan fingerprint density at radius 3 is 2.82 bits per heavy atom. The number of hydrogen-bond acceptors (Lipinski definition) is 4. The molecule has 98 valence electrons. The Morgan fingerprint density at radius 2 is 2.24 bits per heavy atom. The molecule has 2 atom stereocenters. The molecule has 6 heteroatoms. The lowest BCUT2D eigenvalue weighted by Crippen LogP contribution is -2.53. The third kappa shape index (κ3) is 4.32. The normalized spacial score (nSPS) is 22.9. The molecule has 0 bridgehead atoms. The fourth-order valence-corrected chi connectivity index (χ4v) is 1.78. The topological polar surface area (TPSA) is 70.7 Å². The van der Waals surface area contributed by atoms with E-state index in [2.05, 4.69) is 10.6 Å². The molecule has 0 aromatic heterocycles. The van der Waals surface area contributed by atoms with Crippen LogP contribution in [0, 0.1) is 0 Å². The molecular formula is C11H21N3O3. The van der Waals surface area contributed by atoms with E-state index in [1.54, 1.807) is 13.8 Å². The van der Waals surface area contributed by atoms with E-state index < -0.39 is 6.03 Å². The van der Waals surface area contributed by atoms with Crippen molar-refractivity contribution in [2.45, 2.75) is 32.9 Å². The SMILES string of the molecule is CCNC(=O)NC(=O)C(C)N1CCOC(C)C1. The first-order valence-corrected chi connectivity index (χ1v) is 5.99. The van der Waals surface area contributed by atoms with Gasteiger partial charge in [-0.25, -0.2) is 4.79 Å². The van der Waals surface area contributed by atoms with E-state index in [1.165, 1.54) is 0 Å². The van der Waals surface area contributed by atoms with E-state index in [1.807, 2.05) is 11.8 Å². The van der Waals surface area contributed by atoms with Crippen molar-refractivity contribution in [3.8, 4) is 0 Å². The number of hydrogen-bond donors (Lipinski definition) is 2. The molecule has 0 saturated carbocycles. The molecule has 1 fully saturated rings. The molecular weight excluding hydrogens is 222 g/mol. The van der Waals surface area contributed by atoms with Crippen LogP contribution < -0.4 is 10.6 Å². The molecule has 3 amide bonds. The number of morpholine rings is 1. The summed E-state index contributed by atoms with van der Waals surface area (Å²) in [7, 11) is 0. The van der Waals surface area contributed by atoms with Crippen molar-refractivity contribution >= 4 is 11.9 Å². The predicted molar refractivity (Wildman–Crippen MR) is 63.7 cm³/mol. The molecule has 0 aromatic rings. The van der Waals surface area contributed by atoms with Crippen LogP contribution in [0.2, 0.25) is 0 Å². The summed E-state index contributed by atoms with van der Waals surface area (Å²) in [4.78, 5) is 25.0. The second-order valence-corrected chi connectivity index (χ2v) is 4.20. The average molecular weight is 243 g/mol. The smallest absolute Gasteiger partial charge is 0.321 e. The third-order valence-corrected chi connectivity index (χ3v) is 2.77. The van der Waals surface area contributed by atoms with Crippen molar-refractivity contribution < 1.29 is 14.3 Å². The lowest BCUT2D eigenvalue weighted by molar-refractivity contribution is -0.127. The highest BCUT2D eigenvalue weighted by atomic mass is 16.5. The van der Waals surface area contributed by atoms with Crippen LogP contribution >= 0.6 is 0 Å².